The number of carbonyl (C=O) groups is 4. The van der Waals surface area contributed by atoms with E-state index in [1.807, 2.05) is 0 Å². The van der Waals surface area contributed by atoms with E-state index in [0.29, 0.717) is 32.8 Å². The number of rotatable bonds is 7. The molecule has 5 amide bonds. The van der Waals surface area contributed by atoms with Gasteiger partial charge in [0.2, 0.25) is 5.91 Å². The number of imide groups is 2. The van der Waals surface area contributed by atoms with Crippen molar-refractivity contribution in [3.8, 4) is 0 Å². The molecule has 2 aromatic rings. The number of carbonyl (C=O) groups excluding carboxylic acids is 4. The van der Waals surface area contributed by atoms with Crippen LogP contribution in [0.2, 0.25) is 0 Å². The summed E-state index contributed by atoms with van der Waals surface area (Å²) in [5.74, 6) is -5.33. The average molecular weight is 419 g/mol. The number of benzene rings is 2. The van der Waals surface area contributed by atoms with Gasteiger partial charge in [-0.3, -0.25) is 19.3 Å². The van der Waals surface area contributed by atoms with Crippen molar-refractivity contribution in [3.63, 3.8) is 0 Å². The molecule has 1 N–H and O–H groups in total. The molecule has 10 heteroatoms. The van der Waals surface area contributed by atoms with E-state index >= 15 is 0 Å². The zero-order valence-electron chi connectivity index (χ0n) is 14.9. The molecule has 1 fully saturated rings. The van der Waals surface area contributed by atoms with Crippen molar-refractivity contribution in [1.29, 1.82) is 0 Å². The highest BCUT2D eigenvalue weighted by molar-refractivity contribution is 7.99. The molecule has 0 aliphatic carbocycles. The summed E-state index contributed by atoms with van der Waals surface area (Å²) in [5, 5.41) is 2.46. The second kappa shape index (κ2) is 8.82. The van der Waals surface area contributed by atoms with Crippen LogP contribution >= 0.6 is 11.8 Å². The molecule has 3 rings (SSSR count). The van der Waals surface area contributed by atoms with E-state index in [2.05, 4.69) is 5.32 Å². The number of nitrogens with zero attached hydrogens (tertiary/aromatic N) is 2. The second-order valence-corrected chi connectivity index (χ2v) is 7.07. The van der Waals surface area contributed by atoms with Gasteiger partial charge in [-0.05, 0) is 29.8 Å². The van der Waals surface area contributed by atoms with Crippen molar-refractivity contribution in [1.82, 2.24) is 9.80 Å². The van der Waals surface area contributed by atoms with Gasteiger partial charge in [0.05, 0.1) is 6.54 Å². The Balaban J connectivity index is 1.61. The van der Waals surface area contributed by atoms with Crippen LogP contribution in [0.15, 0.2) is 59.5 Å². The van der Waals surface area contributed by atoms with E-state index in [1.165, 1.54) is 24.3 Å². The van der Waals surface area contributed by atoms with Crippen molar-refractivity contribution in [2.45, 2.75) is 17.2 Å². The maximum Gasteiger partial charge on any atom is 0.335 e. The molecule has 0 atom stereocenters. The Bertz CT molecular complexity index is 938. The maximum absolute atomic E-state index is 12.4. The van der Waals surface area contributed by atoms with Gasteiger partial charge in [0.15, 0.2) is 0 Å². The molecule has 29 heavy (non-hydrogen) atoms. The normalized spacial score (nSPS) is 14.1. The Morgan fingerprint density at radius 3 is 2.17 bits per heavy atom. The van der Waals surface area contributed by atoms with Crippen molar-refractivity contribution >= 4 is 41.2 Å². The molecule has 2 aromatic carbocycles. The third-order valence-corrected chi connectivity index (χ3v) is 4.71. The molecule has 1 aliphatic heterocycles. The molecule has 0 radical (unpaired) electrons. The lowest BCUT2D eigenvalue weighted by Crippen LogP contribution is -2.38. The molecule has 0 aromatic heterocycles. The monoisotopic (exact) mass is 419 g/mol. The highest BCUT2D eigenvalue weighted by Crippen LogP contribution is 2.26. The fraction of sp³-hybridized carbons (Fsp3) is 0.158. The smallest absolute Gasteiger partial charge is 0.325 e. The number of nitrogens with one attached hydrogen (secondary N) is 1. The number of hydrogen-bond donors (Lipinski definition) is 1. The molecule has 1 aliphatic rings. The van der Waals surface area contributed by atoms with Crippen LogP contribution in [-0.4, -0.2) is 45.9 Å². The van der Waals surface area contributed by atoms with E-state index in [0.717, 1.165) is 4.90 Å². The minimum Gasteiger partial charge on any atom is -0.325 e. The first-order valence-corrected chi connectivity index (χ1v) is 9.29. The minimum absolute atomic E-state index is 0.0777. The number of hydrogen-bond acceptors (Lipinski definition) is 5. The molecular formula is C19H15F2N3O4S. The van der Waals surface area contributed by atoms with E-state index in [-0.39, 0.29) is 6.54 Å². The summed E-state index contributed by atoms with van der Waals surface area (Å²) in [6.07, 6.45) is 0. The first-order valence-electron chi connectivity index (χ1n) is 8.41. The van der Waals surface area contributed by atoms with Crippen LogP contribution in [0.5, 0.6) is 0 Å². The summed E-state index contributed by atoms with van der Waals surface area (Å²) in [6.45, 7) is -0.714. The van der Waals surface area contributed by atoms with E-state index < -0.39 is 36.1 Å². The molecule has 0 spiro atoms. The molecular weight excluding hydrogens is 404 g/mol. The van der Waals surface area contributed by atoms with E-state index in [1.54, 1.807) is 30.3 Å². The Morgan fingerprint density at radius 1 is 0.931 bits per heavy atom. The summed E-state index contributed by atoms with van der Waals surface area (Å²) in [6, 6.07) is 13.4. The molecule has 7 nitrogen and oxygen atoms in total. The van der Waals surface area contributed by atoms with E-state index in [9.17, 15) is 28.0 Å². The topological polar surface area (TPSA) is 86.8 Å². The number of thioether (sulfide) groups is 1. The molecule has 150 valence electrons. The van der Waals surface area contributed by atoms with Crippen LogP contribution in [0.4, 0.5) is 19.3 Å². The highest BCUT2D eigenvalue weighted by atomic mass is 32.2. The standard InChI is InChI=1S/C19H15F2N3O4S/c20-18(21)29-14-8-6-13(7-9-14)22-15(25)11-24-17(27)16(26)23(19(24)28)10-12-4-2-1-3-5-12/h1-9,18H,10-11H2,(H,22,25). The lowest BCUT2D eigenvalue weighted by Gasteiger charge is -2.15. The Morgan fingerprint density at radius 2 is 1.55 bits per heavy atom. The lowest BCUT2D eigenvalue weighted by molar-refractivity contribution is -0.143. The Labute approximate surface area is 168 Å². The van der Waals surface area contributed by atoms with Gasteiger partial charge in [0.25, 0.3) is 5.76 Å². The fourth-order valence-corrected chi connectivity index (χ4v) is 3.16. The van der Waals surface area contributed by atoms with Crippen molar-refractivity contribution in [3.05, 3.63) is 60.2 Å². The SMILES string of the molecule is O=C(CN1C(=O)C(=O)N(Cc2ccccc2)C1=O)Nc1ccc(SC(F)F)cc1. The summed E-state index contributed by atoms with van der Waals surface area (Å²) >= 11 is 0.367. The first kappa shape index (κ1) is 20.5. The predicted octanol–water partition coefficient (Wildman–Crippen LogP) is 2.93. The van der Waals surface area contributed by atoms with Crippen molar-refractivity contribution < 1.29 is 28.0 Å². The second-order valence-electron chi connectivity index (χ2n) is 6.00. The van der Waals surface area contributed by atoms with Gasteiger partial charge in [0.1, 0.15) is 6.54 Å². The van der Waals surface area contributed by atoms with Crippen LogP contribution in [0.3, 0.4) is 0 Å². The van der Waals surface area contributed by atoms with Gasteiger partial charge < -0.3 is 5.32 Å². The van der Waals surface area contributed by atoms with Gasteiger partial charge in [-0.2, -0.15) is 8.78 Å². The largest absolute Gasteiger partial charge is 0.335 e. The number of amides is 5. The minimum atomic E-state index is -2.56. The van der Waals surface area contributed by atoms with E-state index in [4.69, 9.17) is 0 Å². The van der Waals surface area contributed by atoms with Crippen LogP contribution in [0, 0.1) is 0 Å². The van der Waals surface area contributed by atoms with Crippen LogP contribution < -0.4 is 5.32 Å². The fourth-order valence-electron chi connectivity index (χ4n) is 2.66. The number of alkyl halides is 2. The zero-order valence-corrected chi connectivity index (χ0v) is 15.7. The van der Waals surface area contributed by atoms with Crippen LogP contribution in [-0.2, 0) is 20.9 Å². The third-order valence-electron chi connectivity index (χ3n) is 3.98. The number of halogens is 2. The van der Waals surface area contributed by atoms with Gasteiger partial charge in [-0.25, -0.2) is 9.69 Å². The van der Waals surface area contributed by atoms with Crippen LogP contribution in [0.25, 0.3) is 0 Å². The summed E-state index contributed by atoms with van der Waals surface area (Å²) in [4.78, 5) is 50.5. The van der Waals surface area contributed by atoms with Crippen molar-refractivity contribution in [2.75, 3.05) is 11.9 Å². The quantitative estimate of drug-likeness (QED) is 0.424. The molecule has 0 bridgehead atoms. The van der Waals surface area contributed by atoms with Crippen molar-refractivity contribution in [2.24, 2.45) is 0 Å². The molecule has 0 unspecified atom stereocenters. The van der Waals surface area contributed by atoms with Gasteiger partial charge in [-0.15, -0.1) is 0 Å². The van der Waals surface area contributed by atoms with Gasteiger partial charge in [0, 0.05) is 10.6 Å². The molecule has 1 heterocycles. The summed E-state index contributed by atoms with van der Waals surface area (Å²) in [7, 11) is 0. The molecule has 1 saturated heterocycles. The Hall–Kier alpha value is -3.27. The van der Waals surface area contributed by atoms with Crippen LogP contribution in [0.1, 0.15) is 5.56 Å². The first-order chi connectivity index (χ1) is 13.8. The third kappa shape index (κ3) is 4.96. The predicted molar refractivity (Wildman–Crippen MR) is 101 cm³/mol. The lowest BCUT2D eigenvalue weighted by atomic mass is 10.2. The Kier molecular flexibility index (Phi) is 6.23. The van der Waals surface area contributed by atoms with Gasteiger partial charge >= 0.3 is 17.8 Å². The molecule has 0 saturated carbocycles. The average Bonchev–Trinajstić information content (AvgIpc) is 2.88. The summed E-state index contributed by atoms with van der Waals surface area (Å²) < 4.78 is 24.7. The number of urea groups is 1. The zero-order chi connectivity index (χ0) is 21.0. The maximum atomic E-state index is 12.4. The number of anilines is 1. The van der Waals surface area contributed by atoms with Gasteiger partial charge in [-0.1, -0.05) is 42.1 Å². The highest BCUT2D eigenvalue weighted by Gasteiger charge is 2.45. The summed E-state index contributed by atoms with van der Waals surface area (Å²) in [5.41, 5.74) is 0.968.